The van der Waals surface area contributed by atoms with E-state index in [1.807, 2.05) is 13.8 Å². The molecule has 3 atom stereocenters. The van der Waals surface area contributed by atoms with Gasteiger partial charge in [0.15, 0.2) is 0 Å². The van der Waals surface area contributed by atoms with Gasteiger partial charge in [-0.15, -0.1) is 0 Å². The minimum atomic E-state index is 0.893. The Morgan fingerprint density at radius 1 is 0.900 bits per heavy atom. The van der Waals surface area contributed by atoms with Crippen molar-refractivity contribution in [1.82, 2.24) is 0 Å². The molecule has 20 heavy (non-hydrogen) atoms. The standard InChI is InChI=1S/C18H36.C2H6/c1-5-7-11-18-14-17(15(3)4)13-10-8-9-12-16(18)6-2;1-2/h15-18H,5-14H2,1-4H3;1-2H3. The number of rotatable bonds is 5. The maximum absolute atomic E-state index is 2.44. The highest BCUT2D eigenvalue weighted by molar-refractivity contribution is 4.77. The van der Waals surface area contributed by atoms with E-state index < -0.39 is 0 Å². The largest absolute Gasteiger partial charge is 0.0683 e. The zero-order valence-electron chi connectivity index (χ0n) is 15.4. The summed E-state index contributed by atoms with van der Waals surface area (Å²) in [5.41, 5.74) is 0. The fourth-order valence-electron chi connectivity index (χ4n) is 3.89. The summed E-state index contributed by atoms with van der Waals surface area (Å²) >= 11 is 0. The molecule has 0 radical (unpaired) electrons. The van der Waals surface area contributed by atoms with E-state index in [9.17, 15) is 0 Å². The van der Waals surface area contributed by atoms with Gasteiger partial charge in [-0.05, 0) is 30.1 Å². The summed E-state index contributed by atoms with van der Waals surface area (Å²) in [6.45, 7) is 13.7. The smallest absolute Gasteiger partial charge is 0.0383 e. The zero-order valence-corrected chi connectivity index (χ0v) is 15.4. The molecule has 0 heteroatoms. The van der Waals surface area contributed by atoms with Gasteiger partial charge in [0.1, 0.15) is 0 Å². The van der Waals surface area contributed by atoms with Crippen molar-refractivity contribution in [3.05, 3.63) is 0 Å². The molecule has 0 saturated heterocycles. The lowest BCUT2D eigenvalue weighted by molar-refractivity contribution is 0.203. The van der Waals surface area contributed by atoms with E-state index in [-0.39, 0.29) is 0 Å². The molecule has 0 amide bonds. The maximum Gasteiger partial charge on any atom is -0.0383 e. The SMILES string of the molecule is CC.CCCCC1CC(C(C)C)CCCCCC1CC. The third kappa shape index (κ3) is 7.70. The van der Waals surface area contributed by atoms with E-state index in [0.29, 0.717) is 0 Å². The second-order valence-corrected chi connectivity index (χ2v) is 6.95. The van der Waals surface area contributed by atoms with E-state index in [0.717, 1.165) is 23.7 Å². The first kappa shape index (κ1) is 20.0. The van der Waals surface area contributed by atoms with Crippen LogP contribution in [0.5, 0.6) is 0 Å². The molecule has 0 nitrogen and oxygen atoms in total. The average Bonchev–Trinajstić information content (AvgIpc) is 2.57. The van der Waals surface area contributed by atoms with E-state index in [1.165, 1.54) is 64.2 Å². The van der Waals surface area contributed by atoms with Crippen LogP contribution < -0.4 is 0 Å². The lowest BCUT2D eigenvalue weighted by atomic mass is 9.75. The molecule has 1 aliphatic rings. The van der Waals surface area contributed by atoms with Crippen molar-refractivity contribution in [3.63, 3.8) is 0 Å². The molecule has 0 bridgehead atoms. The van der Waals surface area contributed by atoms with Gasteiger partial charge in [0.25, 0.3) is 0 Å². The van der Waals surface area contributed by atoms with E-state index in [2.05, 4.69) is 27.7 Å². The molecule has 0 aromatic heterocycles. The number of hydrogen-bond donors (Lipinski definition) is 0. The lowest BCUT2D eigenvalue weighted by Crippen LogP contribution is -2.20. The molecule has 1 saturated carbocycles. The van der Waals surface area contributed by atoms with Gasteiger partial charge in [-0.2, -0.15) is 0 Å². The molecule has 0 N–H and O–H groups in total. The summed E-state index contributed by atoms with van der Waals surface area (Å²) < 4.78 is 0. The highest BCUT2D eigenvalue weighted by Crippen LogP contribution is 2.37. The molecule has 3 unspecified atom stereocenters. The van der Waals surface area contributed by atoms with Gasteiger partial charge < -0.3 is 0 Å². The van der Waals surface area contributed by atoms with Crippen LogP contribution in [0.3, 0.4) is 0 Å². The predicted octanol–water partition coefficient (Wildman–Crippen LogP) is 7.47. The summed E-state index contributed by atoms with van der Waals surface area (Å²) in [6.07, 6.45) is 14.7. The van der Waals surface area contributed by atoms with E-state index in [4.69, 9.17) is 0 Å². The first-order valence-corrected chi connectivity index (χ1v) is 9.69. The second kappa shape index (κ2) is 12.7. The van der Waals surface area contributed by atoms with Crippen molar-refractivity contribution in [2.24, 2.45) is 23.7 Å². The zero-order chi connectivity index (χ0) is 15.4. The third-order valence-electron chi connectivity index (χ3n) is 5.32. The van der Waals surface area contributed by atoms with Crippen LogP contribution in [-0.2, 0) is 0 Å². The van der Waals surface area contributed by atoms with Gasteiger partial charge in [0, 0.05) is 0 Å². The molecule has 0 aliphatic heterocycles. The third-order valence-corrected chi connectivity index (χ3v) is 5.32. The summed E-state index contributed by atoms with van der Waals surface area (Å²) in [6, 6.07) is 0. The molecule has 122 valence electrons. The number of hydrogen-bond acceptors (Lipinski definition) is 0. The Morgan fingerprint density at radius 2 is 1.55 bits per heavy atom. The Labute approximate surface area is 130 Å². The van der Waals surface area contributed by atoms with E-state index >= 15 is 0 Å². The molecule has 1 aliphatic carbocycles. The molecule has 0 spiro atoms. The minimum absolute atomic E-state index is 0.893. The fraction of sp³-hybridized carbons (Fsp3) is 1.00. The first-order valence-electron chi connectivity index (χ1n) is 9.69. The highest BCUT2D eigenvalue weighted by Gasteiger charge is 2.25. The first-order chi connectivity index (χ1) is 9.69. The van der Waals surface area contributed by atoms with Gasteiger partial charge in [0.05, 0.1) is 0 Å². The summed E-state index contributed by atoms with van der Waals surface area (Å²) in [5, 5.41) is 0. The summed E-state index contributed by atoms with van der Waals surface area (Å²) in [5.74, 6) is 3.94. The molecule has 0 aromatic rings. The summed E-state index contributed by atoms with van der Waals surface area (Å²) in [4.78, 5) is 0. The van der Waals surface area contributed by atoms with Crippen molar-refractivity contribution >= 4 is 0 Å². The number of unbranched alkanes of at least 4 members (excludes halogenated alkanes) is 1. The molecular weight excluding hydrogens is 240 g/mol. The Hall–Kier alpha value is 0. The predicted molar refractivity (Wildman–Crippen MR) is 94.2 cm³/mol. The molecule has 1 fully saturated rings. The van der Waals surface area contributed by atoms with Gasteiger partial charge >= 0.3 is 0 Å². The topological polar surface area (TPSA) is 0 Å². The van der Waals surface area contributed by atoms with Crippen LogP contribution in [-0.4, -0.2) is 0 Å². The summed E-state index contributed by atoms with van der Waals surface area (Å²) in [7, 11) is 0. The molecule has 1 rings (SSSR count). The highest BCUT2D eigenvalue weighted by atomic mass is 14.3. The monoisotopic (exact) mass is 282 g/mol. The van der Waals surface area contributed by atoms with Crippen molar-refractivity contribution in [1.29, 1.82) is 0 Å². The minimum Gasteiger partial charge on any atom is -0.0683 e. The van der Waals surface area contributed by atoms with Crippen LogP contribution >= 0.6 is 0 Å². The Morgan fingerprint density at radius 3 is 2.10 bits per heavy atom. The van der Waals surface area contributed by atoms with Gasteiger partial charge in [-0.1, -0.05) is 99.3 Å². The molecular formula is C20H42. The Bertz CT molecular complexity index is 194. The van der Waals surface area contributed by atoms with Gasteiger partial charge in [-0.3, -0.25) is 0 Å². The second-order valence-electron chi connectivity index (χ2n) is 6.95. The quantitative estimate of drug-likeness (QED) is 0.490. The molecule has 0 aromatic carbocycles. The molecule has 0 heterocycles. The van der Waals surface area contributed by atoms with Crippen LogP contribution in [0.2, 0.25) is 0 Å². The van der Waals surface area contributed by atoms with Crippen molar-refractivity contribution in [2.75, 3.05) is 0 Å². The lowest BCUT2D eigenvalue weighted by Gasteiger charge is -2.30. The van der Waals surface area contributed by atoms with Crippen LogP contribution in [0.15, 0.2) is 0 Å². The van der Waals surface area contributed by atoms with E-state index in [1.54, 1.807) is 0 Å². The Balaban J connectivity index is 0.00000172. The van der Waals surface area contributed by atoms with Crippen molar-refractivity contribution in [3.8, 4) is 0 Å². The van der Waals surface area contributed by atoms with Crippen LogP contribution in [0, 0.1) is 23.7 Å². The maximum atomic E-state index is 2.44. The van der Waals surface area contributed by atoms with Crippen LogP contribution in [0.1, 0.15) is 106 Å². The average molecular weight is 283 g/mol. The van der Waals surface area contributed by atoms with Crippen LogP contribution in [0.4, 0.5) is 0 Å². The fourth-order valence-corrected chi connectivity index (χ4v) is 3.89. The van der Waals surface area contributed by atoms with Gasteiger partial charge in [-0.25, -0.2) is 0 Å². The van der Waals surface area contributed by atoms with Crippen molar-refractivity contribution in [2.45, 2.75) is 106 Å². The van der Waals surface area contributed by atoms with Gasteiger partial charge in [0.2, 0.25) is 0 Å². The van der Waals surface area contributed by atoms with Crippen molar-refractivity contribution < 1.29 is 0 Å². The Kier molecular flexibility index (Phi) is 12.7. The van der Waals surface area contributed by atoms with Crippen LogP contribution in [0.25, 0.3) is 0 Å². The normalized spacial score (nSPS) is 28.1.